The van der Waals surface area contributed by atoms with E-state index in [4.69, 9.17) is 0 Å². The molecular weight excluding hydrogens is 311 g/mol. The average Bonchev–Trinajstić information content (AvgIpc) is 2.49. The van der Waals surface area contributed by atoms with Gasteiger partial charge in [0, 0.05) is 11.8 Å². The molecule has 0 saturated heterocycles. The van der Waals surface area contributed by atoms with Gasteiger partial charge in [-0.25, -0.2) is 22.6 Å². The number of halogens is 1. The van der Waals surface area contributed by atoms with E-state index < -0.39 is 27.6 Å². The minimum absolute atomic E-state index is 0.0190. The Hall–Kier alpha value is -2.48. The van der Waals surface area contributed by atoms with Crippen LogP contribution in [0.15, 0.2) is 42.6 Å². The van der Waals surface area contributed by atoms with E-state index in [-0.39, 0.29) is 16.9 Å². The largest absolute Gasteiger partial charge is 0.465 e. The SMILES string of the molecule is COC(=O)c1cccnc1NS(=O)(=O)Cc1ccccc1F. The van der Waals surface area contributed by atoms with Gasteiger partial charge in [0.05, 0.1) is 12.9 Å². The quantitative estimate of drug-likeness (QED) is 0.850. The second kappa shape index (κ2) is 6.52. The Morgan fingerprint density at radius 2 is 2.00 bits per heavy atom. The molecule has 0 radical (unpaired) electrons. The zero-order chi connectivity index (χ0) is 16.2. The molecule has 0 saturated carbocycles. The molecule has 0 aliphatic rings. The molecule has 2 rings (SSSR count). The summed E-state index contributed by atoms with van der Waals surface area (Å²) in [6, 6.07) is 8.39. The number of pyridine rings is 1. The maximum absolute atomic E-state index is 13.5. The Labute approximate surface area is 127 Å². The maximum atomic E-state index is 13.5. The van der Waals surface area contributed by atoms with Gasteiger partial charge in [0.15, 0.2) is 5.82 Å². The average molecular weight is 324 g/mol. The number of hydrogen-bond acceptors (Lipinski definition) is 5. The predicted octanol–water partition coefficient (Wildman–Crippen LogP) is 1.95. The predicted molar refractivity (Wildman–Crippen MR) is 78.2 cm³/mol. The smallest absolute Gasteiger partial charge is 0.341 e. The van der Waals surface area contributed by atoms with E-state index in [1.807, 2.05) is 0 Å². The van der Waals surface area contributed by atoms with Crippen molar-refractivity contribution in [3.63, 3.8) is 0 Å². The number of ether oxygens (including phenoxy) is 1. The van der Waals surface area contributed by atoms with Crippen molar-refractivity contribution in [1.82, 2.24) is 4.98 Å². The Bertz CT molecular complexity index is 793. The van der Waals surface area contributed by atoms with Crippen molar-refractivity contribution in [2.45, 2.75) is 5.75 Å². The van der Waals surface area contributed by atoms with Gasteiger partial charge >= 0.3 is 5.97 Å². The lowest BCUT2D eigenvalue weighted by atomic mass is 10.2. The van der Waals surface area contributed by atoms with Crippen molar-refractivity contribution in [2.24, 2.45) is 0 Å². The summed E-state index contributed by atoms with van der Waals surface area (Å²) in [7, 11) is -2.76. The number of rotatable bonds is 5. The van der Waals surface area contributed by atoms with Crippen LogP contribution in [0.1, 0.15) is 15.9 Å². The topological polar surface area (TPSA) is 85.4 Å². The normalized spacial score (nSPS) is 11.0. The van der Waals surface area contributed by atoms with Gasteiger partial charge < -0.3 is 4.74 Å². The summed E-state index contributed by atoms with van der Waals surface area (Å²) < 4.78 is 44.5. The standard InChI is InChI=1S/C14H13FN2O4S/c1-21-14(18)11-6-4-8-16-13(11)17-22(19,20)9-10-5-2-3-7-12(10)15/h2-8H,9H2,1H3,(H,16,17). The molecule has 1 aromatic carbocycles. The first-order valence-electron chi connectivity index (χ1n) is 6.20. The lowest BCUT2D eigenvalue weighted by molar-refractivity contribution is 0.0601. The van der Waals surface area contributed by atoms with Crippen LogP contribution in [0.25, 0.3) is 0 Å². The molecule has 0 aliphatic carbocycles. The molecule has 0 fully saturated rings. The van der Waals surface area contributed by atoms with Crippen LogP contribution in [-0.2, 0) is 20.5 Å². The molecule has 0 amide bonds. The number of carbonyl (C=O) groups is 1. The molecule has 6 nitrogen and oxygen atoms in total. The Morgan fingerprint density at radius 3 is 2.68 bits per heavy atom. The number of benzene rings is 1. The van der Waals surface area contributed by atoms with Gasteiger partial charge in [0.25, 0.3) is 0 Å². The summed E-state index contributed by atoms with van der Waals surface area (Å²) in [5.74, 6) is -2.08. The highest BCUT2D eigenvalue weighted by Gasteiger charge is 2.19. The Kier molecular flexibility index (Phi) is 4.71. The minimum atomic E-state index is -3.93. The molecule has 1 heterocycles. The second-order valence-electron chi connectivity index (χ2n) is 4.34. The van der Waals surface area contributed by atoms with Gasteiger partial charge in [-0.1, -0.05) is 18.2 Å². The number of nitrogens with one attached hydrogen (secondary N) is 1. The highest BCUT2D eigenvalue weighted by atomic mass is 32.2. The highest BCUT2D eigenvalue weighted by Crippen LogP contribution is 2.17. The van der Waals surface area contributed by atoms with E-state index in [9.17, 15) is 17.6 Å². The third kappa shape index (κ3) is 3.79. The van der Waals surface area contributed by atoms with Crippen LogP contribution in [0.2, 0.25) is 0 Å². The zero-order valence-electron chi connectivity index (χ0n) is 11.6. The van der Waals surface area contributed by atoms with Crippen molar-refractivity contribution >= 4 is 21.8 Å². The number of nitrogens with zero attached hydrogens (tertiary/aromatic N) is 1. The Morgan fingerprint density at radius 1 is 1.27 bits per heavy atom. The maximum Gasteiger partial charge on any atom is 0.341 e. The third-order valence-corrected chi connectivity index (χ3v) is 3.96. The van der Waals surface area contributed by atoms with Crippen molar-refractivity contribution in [1.29, 1.82) is 0 Å². The van der Waals surface area contributed by atoms with E-state index in [2.05, 4.69) is 14.4 Å². The number of aromatic nitrogens is 1. The molecule has 22 heavy (non-hydrogen) atoms. The molecule has 2 aromatic rings. The lowest BCUT2D eigenvalue weighted by Crippen LogP contribution is -2.19. The van der Waals surface area contributed by atoms with Gasteiger partial charge in [0.1, 0.15) is 11.4 Å². The van der Waals surface area contributed by atoms with E-state index >= 15 is 0 Å². The first kappa shape index (κ1) is 15.9. The van der Waals surface area contributed by atoms with Crippen LogP contribution in [0, 0.1) is 5.82 Å². The second-order valence-corrected chi connectivity index (χ2v) is 6.07. The van der Waals surface area contributed by atoms with Crippen molar-refractivity contribution in [2.75, 3.05) is 11.8 Å². The summed E-state index contributed by atoms with van der Waals surface area (Å²) in [5, 5.41) is 0. The van der Waals surface area contributed by atoms with Crippen LogP contribution < -0.4 is 4.72 Å². The fourth-order valence-corrected chi connectivity index (χ4v) is 2.94. The fraction of sp³-hybridized carbons (Fsp3) is 0.143. The van der Waals surface area contributed by atoms with Gasteiger partial charge in [-0.15, -0.1) is 0 Å². The van der Waals surface area contributed by atoms with Gasteiger partial charge in [-0.2, -0.15) is 0 Å². The van der Waals surface area contributed by atoms with Gasteiger partial charge in [-0.05, 0) is 18.2 Å². The van der Waals surface area contributed by atoms with Crippen molar-refractivity contribution in [3.8, 4) is 0 Å². The number of anilines is 1. The first-order chi connectivity index (χ1) is 10.4. The highest BCUT2D eigenvalue weighted by molar-refractivity contribution is 7.91. The summed E-state index contributed by atoms with van der Waals surface area (Å²) in [6.07, 6.45) is 1.33. The van der Waals surface area contributed by atoms with E-state index in [0.29, 0.717) is 0 Å². The van der Waals surface area contributed by atoms with Crippen LogP contribution in [0.3, 0.4) is 0 Å². The number of methoxy groups -OCH3 is 1. The molecular formula is C14H13FN2O4S. The van der Waals surface area contributed by atoms with Crippen LogP contribution in [0.4, 0.5) is 10.2 Å². The summed E-state index contributed by atoms with van der Waals surface area (Å²) in [6.45, 7) is 0. The number of carbonyl (C=O) groups excluding carboxylic acids is 1. The fourth-order valence-electron chi connectivity index (χ4n) is 1.76. The molecule has 0 atom stereocenters. The summed E-state index contributed by atoms with van der Waals surface area (Å²) >= 11 is 0. The van der Waals surface area contributed by atoms with Crippen LogP contribution in [0.5, 0.6) is 0 Å². The van der Waals surface area contributed by atoms with Crippen LogP contribution in [-0.4, -0.2) is 26.5 Å². The lowest BCUT2D eigenvalue weighted by Gasteiger charge is -2.10. The molecule has 0 unspecified atom stereocenters. The monoisotopic (exact) mass is 324 g/mol. The molecule has 116 valence electrons. The van der Waals surface area contributed by atoms with Gasteiger partial charge in [0.2, 0.25) is 10.0 Å². The summed E-state index contributed by atoms with van der Waals surface area (Å²) in [5.41, 5.74) is -0.00680. The molecule has 1 N–H and O–H groups in total. The first-order valence-corrected chi connectivity index (χ1v) is 7.85. The number of hydrogen-bond donors (Lipinski definition) is 1. The minimum Gasteiger partial charge on any atom is -0.465 e. The molecule has 1 aromatic heterocycles. The van der Waals surface area contributed by atoms with Crippen molar-refractivity contribution in [3.05, 3.63) is 59.5 Å². The molecule has 8 heteroatoms. The molecule has 0 bridgehead atoms. The van der Waals surface area contributed by atoms with Gasteiger partial charge in [-0.3, -0.25) is 4.72 Å². The van der Waals surface area contributed by atoms with E-state index in [1.165, 1.54) is 49.7 Å². The molecule has 0 spiro atoms. The number of sulfonamides is 1. The van der Waals surface area contributed by atoms with E-state index in [0.717, 1.165) is 0 Å². The number of esters is 1. The molecule has 0 aliphatic heterocycles. The summed E-state index contributed by atoms with van der Waals surface area (Å²) in [4.78, 5) is 15.4. The third-order valence-electron chi connectivity index (χ3n) is 2.77. The van der Waals surface area contributed by atoms with Crippen LogP contribution >= 0.6 is 0 Å². The van der Waals surface area contributed by atoms with Crippen molar-refractivity contribution < 1.29 is 22.3 Å². The zero-order valence-corrected chi connectivity index (χ0v) is 12.4. The van der Waals surface area contributed by atoms with E-state index in [1.54, 1.807) is 0 Å². The Balaban J connectivity index is 2.27.